The molecule has 1 aliphatic rings. The van der Waals surface area contributed by atoms with E-state index in [-0.39, 0.29) is 18.5 Å². The standard InChI is InChI=1S/C16H20FNO/c1-13-4-2-6-16(12-19)18(13)11-3-5-14-7-9-15(17)10-8-14/h7-10,13,16,19H,2,4,6,11-12H2,1H3. The fourth-order valence-corrected chi connectivity index (χ4v) is 2.59. The van der Waals surface area contributed by atoms with Crippen LogP contribution in [0, 0.1) is 17.7 Å². The Kier molecular flexibility index (Phi) is 4.95. The minimum atomic E-state index is -0.240. The summed E-state index contributed by atoms with van der Waals surface area (Å²) in [7, 11) is 0. The van der Waals surface area contributed by atoms with Crippen molar-refractivity contribution < 1.29 is 9.50 Å². The molecule has 0 aromatic heterocycles. The number of rotatable bonds is 2. The topological polar surface area (TPSA) is 23.5 Å². The van der Waals surface area contributed by atoms with Gasteiger partial charge in [-0.05, 0) is 44.0 Å². The fraction of sp³-hybridized carbons (Fsp3) is 0.500. The first-order valence-electron chi connectivity index (χ1n) is 6.81. The molecule has 1 aliphatic heterocycles. The van der Waals surface area contributed by atoms with E-state index >= 15 is 0 Å². The first-order valence-corrected chi connectivity index (χ1v) is 6.81. The lowest BCUT2D eigenvalue weighted by atomic mass is 9.97. The first-order chi connectivity index (χ1) is 9.20. The number of hydrogen-bond acceptors (Lipinski definition) is 2. The zero-order valence-electron chi connectivity index (χ0n) is 11.3. The van der Waals surface area contributed by atoms with Gasteiger partial charge in [0.1, 0.15) is 5.82 Å². The van der Waals surface area contributed by atoms with E-state index in [2.05, 4.69) is 23.7 Å². The van der Waals surface area contributed by atoms with E-state index in [1.54, 1.807) is 12.1 Å². The number of halogens is 1. The van der Waals surface area contributed by atoms with Crippen LogP contribution in [0.5, 0.6) is 0 Å². The zero-order valence-corrected chi connectivity index (χ0v) is 11.3. The van der Waals surface area contributed by atoms with Gasteiger partial charge in [-0.3, -0.25) is 4.90 Å². The van der Waals surface area contributed by atoms with Gasteiger partial charge in [0.2, 0.25) is 0 Å². The van der Waals surface area contributed by atoms with E-state index in [9.17, 15) is 9.50 Å². The fourth-order valence-electron chi connectivity index (χ4n) is 2.59. The maximum Gasteiger partial charge on any atom is 0.123 e. The molecule has 2 rings (SSSR count). The number of likely N-dealkylation sites (tertiary alicyclic amines) is 1. The summed E-state index contributed by atoms with van der Waals surface area (Å²) in [5.74, 6) is 5.93. The minimum absolute atomic E-state index is 0.197. The van der Waals surface area contributed by atoms with Crippen LogP contribution in [0.25, 0.3) is 0 Å². The van der Waals surface area contributed by atoms with Crippen molar-refractivity contribution in [2.24, 2.45) is 0 Å². The summed E-state index contributed by atoms with van der Waals surface area (Å²) in [6, 6.07) is 6.91. The Labute approximate surface area is 114 Å². The van der Waals surface area contributed by atoms with Gasteiger partial charge in [0, 0.05) is 17.6 Å². The zero-order chi connectivity index (χ0) is 13.7. The monoisotopic (exact) mass is 261 g/mol. The highest BCUT2D eigenvalue weighted by atomic mass is 19.1. The van der Waals surface area contributed by atoms with Crippen LogP contribution in [-0.4, -0.2) is 35.2 Å². The highest BCUT2D eigenvalue weighted by Crippen LogP contribution is 2.21. The van der Waals surface area contributed by atoms with Gasteiger partial charge in [-0.1, -0.05) is 18.3 Å². The van der Waals surface area contributed by atoms with Gasteiger partial charge in [0.25, 0.3) is 0 Å². The van der Waals surface area contributed by atoms with E-state index in [0.29, 0.717) is 12.6 Å². The smallest absolute Gasteiger partial charge is 0.123 e. The average Bonchev–Trinajstić information content (AvgIpc) is 2.42. The van der Waals surface area contributed by atoms with Crippen LogP contribution in [0.1, 0.15) is 31.7 Å². The summed E-state index contributed by atoms with van der Waals surface area (Å²) in [6.45, 7) is 3.04. The third-order valence-corrected chi connectivity index (χ3v) is 3.74. The second-order valence-corrected chi connectivity index (χ2v) is 5.10. The summed E-state index contributed by atoms with van der Waals surface area (Å²) >= 11 is 0. The van der Waals surface area contributed by atoms with Crippen molar-refractivity contribution in [3.05, 3.63) is 35.6 Å². The Bertz CT molecular complexity index is 460. The summed E-state index contributed by atoms with van der Waals surface area (Å²) in [5, 5.41) is 9.39. The maximum atomic E-state index is 12.8. The number of hydrogen-bond donors (Lipinski definition) is 1. The molecular formula is C16H20FNO. The van der Waals surface area contributed by atoms with Gasteiger partial charge in [-0.2, -0.15) is 0 Å². The highest BCUT2D eigenvalue weighted by Gasteiger charge is 2.26. The number of aliphatic hydroxyl groups excluding tert-OH is 1. The molecule has 0 aliphatic carbocycles. The van der Waals surface area contributed by atoms with Crippen LogP contribution in [0.15, 0.2) is 24.3 Å². The lowest BCUT2D eigenvalue weighted by Gasteiger charge is -2.38. The molecule has 2 unspecified atom stereocenters. The molecular weight excluding hydrogens is 241 g/mol. The third kappa shape index (κ3) is 3.79. The van der Waals surface area contributed by atoms with Crippen LogP contribution >= 0.6 is 0 Å². The number of piperidine rings is 1. The predicted molar refractivity (Wildman–Crippen MR) is 74.2 cm³/mol. The van der Waals surface area contributed by atoms with Crippen molar-refractivity contribution in [1.82, 2.24) is 4.90 Å². The van der Waals surface area contributed by atoms with E-state index in [1.165, 1.54) is 18.6 Å². The molecule has 1 N–H and O–H groups in total. The van der Waals surface area contributed by atoms with Crippen molar-refractivity contribution in [2.75, 3.05) is 13.2 Å². The Morgan fingerprint density at radius 2 is 2.05 bits per heavy atom. The Balaban J connectivity index is 1.98. The summed E-state index contributed by atoms with van der Waals surface area (Å²) in [5.41, 5.74) is 0.826. The molecule has 0 amide bonds. The molecule has 1 aromatic rings. The van der Waals surface area contributed by atoms with Crippen LogP contribution in [0.2, 0.25) is 0 Å². The van der Waals surface area contributed by atoms with Crippen LogP contribution in [0.4, 0.5) is 4.39 Å². The SMILES string of the molecule is CC1CCCC(CO)N1CC#Cc1ccc(F)cc1. The van der Waals surface area contributed by atoms with E-state index in [4.69, 9.17) is 0 Å². The Morgan fingerprint density at radius 1 is 1.32 bits per heavy atom. The third-order valence-electron chi connectivity index (χ3n) is 3.74. The maximum absolute atomic E-state index is 12.8. The van der Waals surface area contributed by atoms with Crippen LogP contribution in [-0.2, 0) is 0 Å². The van der Waals surface area contributed by atoms with Gasteiger partial charge in [-0.25, -0.2) is 4.39 Å². The van der Waals surface area contributed by atoms with Crippen molar-refractivity contribution in [3.63, 3.8) is 0 Å². The van der Waals surface area contributed by atoms with Gasteiger partial charge in [-0.15, -0.1) is 0 Å². The number of aliphatic hydroxyl groups is 1. The molecule has 102 valence electrons. The quantitative estimate of drug-likeness (QED) is 0.826. The van der Waals surface area contributed by atoms with E-state index in [0.717, 1.165) is 18.4 Å². The van der Waals surface area contributed by atoms with Crippen molar-refractivity contribution in [2.45, 2.75) is 38.3 Å². The van der Waals surface area contributed by atoms with Gasteiger partial charge < -0.3 is 5.11 Å². The molecule has 0 spiro atoms. The molecule has 19 heavy (non-hydrogen) atoms. The summed E-state index contributed by atoms with van der Waals surface area (Å²) < 4.78 is 12.8. The van der Waals surface area contributed by atoms with E-state index < -0.39 is 0 Å². The lowest BCUT2D eigenvalue weighted by Crippen LogP contribution is -2.47. The Hall–Kier alpha value is -1.37. The van der Waals surface area contributed by atoms with Crippen molar-refractivity contribution in [3.8, 4) is 11.8 Å². The molecule has 3 heteroatoms. The second-order valence-electron chi connectivity index (χ2n) is 5.10. The average molecular weight is 261 g/mol. The molecule has 1 heterocycles. The summed E-state index contributed by atoms with van der Waals surface area (Å²) in [6.07, 6.45) is 3.38. The molecule has 1 fully saturated rings. The normalized spacial score (nSPS) is 23.7. The molecule has 1 aromatic carbocycles. The van der Waals surface area contributed by atoms with Crippen LogP contribution < -0.4 is 0 Å². The number of benzene rings is 1. The van der Waals surface area contributed by atoms with Gasteiger partial charge in [0.05, 0.1) is 13.2 Å². The molecule has 0 bridgehead atoms. The van der Waals surface area contributed by atoms with Crippen LogP contribution in [0.3, 0.4) is 0 Å². The molecule has 2 atom stereocenters. The lowest BCUT2D eigenvalue weighted by molar-refractivity contribution is 0.0642. The molecule has 0 radical (unpaired) electrons. The molecule has 2 nitrogen and oxygen atoms in total. The van der Waals surface area contributed by atoms with Gasteiger partial charge >= 0.3 is 0 Å². The largest absolute Gasteiger partial charge is 0.395 e. The van der Waals surface area contributed by atoms with Crippen molar-refractivity contribution in [1.29, 1.82) is 0 Å². The molecule has 1 saturated heterocycles. The van der Waals surface area contributed by atoms with Crippen molar-refractivity contribution >= 4 is 0 Å². The first kappa shape index (κ1) is 14.0. The van der Waals surface area contributed by atoms with E-state index in [1.807, 2.05) is 0 Å². The highest BCUT2D eigenvalue weighted by molar-refractivity contribution is 5.34. The minimum Gasteiger partial charge on any atom is -0.395 e. The number of nitrogens with zero attached hydrogens (tertiary/aromatic N) is 1. The summed E-state index contributed by atoms with van der Waals surface area (Å²) in [4.78, 5) is 2.26. The molecule has 0 saturated carbocycles. The van der Waals surface area contributed by atoms with Gasteiger partial charge in [0.15, 0.2) is 0 Å². The predicted octanol–water partition coefficient (Wildman–Crippen LogP) is 2.41. The Morgan fingerprint density at radius 3 is 2.74 bits per heavy atom. The second kappa shape index (κ2) is 6.70.